The van der Waals surface area contributed by atoms with Crippen molar-refractivity contribution < 1.29 is 9.90 Å². The summed E-state index contributed by atoms with van der Waals surface area (Å²) < 4.78 is 1.76. The number of carbonyl (C=O) groups is 1. The van der Waals surface area contributed by atoms with Gasteiger partial charge in [-0.15, -0.1) is 17.5 Å². The minimum absolute atomic E-state index is 0. The molecule has 1 aromatic carbocycles. The molecule has 1 aromatic heterocycles. The Morgan fingerprint density at radius 3 is 2.52 bits per heavy atom. The molecule has 1 aliphatic rings. The molecule has 3 rings (SSSR count). The number of aromatic nitrogens is 3. The molecule has 2 unspecified atom stereocenters. The van der Waals surface area contributed by atoms with Crippen LogP contribution in [0.15, 0.2) is 24.3 Å². The monoisotopic (exact) mass is 421 g/mol. The molecule has 0 radical (unpaired) electrons. The molecule has 0 bridgehead atoms. The Morgan fingerprint density at radius 1 is 1.28 bits per heavy atom. The molecule has 1 amide bonds. The third kappa shape index (κ3) is 5.35. The van der Waals surface area contributed by atoms with Crippen molar-refractivity contribution >= 4 is 18.3 Å². The minimum atomic E-state index is -0.424. The number of aliphatic hydroxyl groups excluding tert-OH is 1. The number of nitrogens with zero attached hydrogens (tertiary/aromatic N) is 3. The van der Waals surface area contributed by atoms with Gasteiger partial charge in [-0.05, 0) is 29.5 Å². The van der Waals surface area contributed by atoms with E-state index in [4.69, 9.17) is 0 Å². The summed E-state index contributed by atoms with van der Waals surface area (Å²) in [5.74, 6) is -0.210. The molecule has 0 aliphatic carbocycles. The van der Waals surface area contributed by atoms with Gasteiger partial charge in [-0.25, -0.2) is 4.68 Å². The van der Waals surface area contributed by atoms with Crippen LogP contribution in [0.4, 0.5) is 0 Å². The van der Waals surface area contributed by atoms with E-state index >= 15 is 0 Å². The van der Waals surface area contributed by atoms with E-state index in [1.807, 2.05) is 12.1 Å². The fraction of sp³-hybridized carbons (Fsp3) is 0.571. The van der Waals surface area contributed by atoms with Crippen LogP contribution >= 0.6 is 12.4 Å². The van der Waals surface area contributed by atoms with Gasteiger partial charge in [0, 0.05) is 25.6 Å². The maximum absolute atomic E-state index is 12.7. The number of rotatable bonds is 6. The number of amides is 1. The number of aliphatic hydroxyl groups is 1. The molecule has 2 aromatic rings. The minimum Gasteiger partial charge on any atom is -0.391 e. The normalized spacial score (nSPS) is 19.1. The second-order valence-electron chi connectivity index (χ2n) is 8.54. The van der Waals surface area contributed by atoms with Crippen LogP contribution in [-0.4, -0.2) is 51.7 Å². The first-order valence-electron chi connectivity index (χ1n) is 10.0. The van der Waals surface area contributed by atoms with Crippen molar-refractivity contribution in [3.63, 3.8) is 0 Å². The summed E-state index contributed by atoms with van der Waals surface area (Å²) in [5.41, 5.74) is 3.40. The first-order valence-corrected chi connectivity index (χ1v) is 10.0. The summed E-state index contributed by atoms with van der Waals surface area (Å²) in [5, 5.41) is 24.4. The Bertz CT molecular complexity index is 813. The average Bonchev–Trinajstić information content (AvgIpc) is 3.26. The van der Waals surface area contributed by atoms with Crippen LogP contribution in [0.3, 0.4) is 0 Å². The molecule has 160 valence electrons. The lowest BCUT2D eigenvalue weighted by atomic mass is 9.87. The van der Waals surface area contributed by atoms with Crippen LogP contribution in [0.5, 0.6) is 0 Å². The maximum Gasteiger partial charge on any atom is 0.273 e. The molecule has 2 atom stereocenters. The number of benzene rings is 1. The predicted octanol–water partition coefficient (Wildman–Crippen LogP) is 2.25. The summed E-state index contributed by atoms with van der Waals surface area (Å²) >= 11 is 0. The number of halogens is 1. The van der Waals surface area contributed by atoms with E-state index in [-0.39, 0.29) is 29.6 Å². The molecule has 1 aliphatic heterocycles. The van der Waals surface area contributed by atoms with E-state index in [1.54, 1.807) is 4.68 Å². The molecule has 2 heterocycles. The van der Waals surface area contributed by atoms with Gasteiger partial charge in [-0.1, -0.05) is 51.5 Å². The Kier molecular flexibility index (Phi) is 7.80. The Morgan fingerprint density at radius 2 is 1.97 bits per heavy atom. The van der Waals surface area contributed by atoms with Gasteiger partial charge in [-0.3, -0.25) is 4.79 Å². The van der Waals surface area contributed by atoms with Crippen LogP contribution in [0.1, 0.15) is 55.9 Å². The summed E-state index contributed by atoms with van der Waals surface area (Å²) in [6.45, 7) is 10.3. The molecule has 8 heteroatoms. The predicted molar refractivity (Wildman–Crippen MR) is 116 cm³/mol. The molecule has 0 spiro atoms. The molecule has 3 N–H and O–H groups in total. The van der Waals surface area contributed by atoms with Crippen LogP contribution in [0.2, 0.25) is 0 Å². The smallest absolute Gasteiger partial charge is 0.273 e. The maximum atomic E-state index is 12.7. The summed E-state index contributed by atoms with van der Waals surface area (Å²) in [4.78, 5) is 12.7. The van der Waals surface area contributed by atoms with E-state index in [0.717, 1.165) is 17.8 Å². The number of hydrogen-bond donors (Lipinski definition) is 3. The fourth-order valence-corrected chi connectivity index (χ4v) is 3.48. The second kappa shape index (κ2) is 9.69. The zero-order chi connectivity index (χ0) is 20.3. The molecule has 1 saturated heterocycles. The fourth-order valence-electron chi connectivity index (χ4n) is 3.48. The highest BCUT2D eigenvalue weighted by Gasteiger charge is 2.27. The molecule has 1 fully saturated rings. The standard InChI is InChI=1S/C21H31N5O2.ClH/c1-5-6-17-19(20(28)23-12-14-11-22-13-18(14)27)24-25-26(17)16-9-7-15(8-10-16)21(2,3)4;/h7-10,14,18,22,27H,5-6,11-13H2,1-4H3,(H,23,28);1H. The van der Waals surface area contributed by atoms with Gasteiger partial charge in [0.1, 0.15) is 0 Å². The van der Waals surface area contributed by atoms with E-state index in [9.17, 15) is 9.90 Å². The van der Waals surface area contributed by atoms with Crippen molar-refractivity contribution in [3.8, 4) is 5.69 Å². The van der Waals surface area contributed by atoms with Crippen molar-refractivity contribution in [1.29, 1.82) is 0 Å². The van der Waals surface area contributed by atoms with Gasteiger partial charge in [-0.2, -0.15) is 0 Å². The third-order valence-electron chi connectivity index (χ3n) is 5.27. The average molecular weight is 422 g/mol. The Hall–Kier alpha value is -1.96. The zero-order valence-corrected chi connectivity index (χ0v) is 18.4. The van der Waals surface area contributed by atoms with Crippen LogP contribution in [0, 0.1) is 5.92 Å². The van der Waals surface area contributed by atoms with Gasteiger partial charge >= 0.3 is 0 Å². The Balaban J connectivity index is 0.00000300. The summed E-state index contributed by atoms with van der Waals surface area (Å²) in [6.07, 6.45) is 1.18. The number of nitrogens with one attached hydrogen (secondary N) is 2. The van der Waals surface area contributed by atoms with Crippen molar-refractivity contribution in [2.45, 2.75) is 52.1 Å². The molecular weight excluding hydrogens is 390 g/mol. The highest BCUT2D eigenvalue weighted by Crippen LogP contribution is 2.24. The van der Waals surface area contributed by atoms with Gasteiger partial charge in [0.25, 0.3) is 5.91 Å². The van der Waals surface area contributed by atoms with Crippen molar-refractivity contribution in [2.75, 3.05) is 19.6 Å². The third-order valence-corrected chi connectivity index (χ3v) is 5.27. The first kappa shape index (κ1) is 23.3. The van der Waals surface area contributed by atoms with Crippen molar-refractivity contribution in [1.82, 2.24) is 25.6 Å². The number of hydrogen-bond acceptors (Lipinski definition) is 5. The van der Waals surface area contributed by atoms with Crippen LogP contribution in [0.25, 0.3) is 5.69 Å². The van der Waals surface area contributed by atoms with Gasteiger partial charge in [0.2, 0.25) is 0 Å². The van der Waals surface area contributed by atoms with E-state index in [1.165, 1.54) is 5.56 Å². The zero-order valence-electron chi connectivity index (χ0n) is 17.6. The Labute approximate surface area is 178 Å². The lowest BCUT2D eigenvalue weighted by molar-refractivity contribution is 0.0921. The molecule has 29 heavy (non-hydrogen) atoms. The van der Waals surface area contributed by atoms with Crippen LogP contribution in [-0.2, 0) is 11.8 Å². The van der Waals surface area contributed by atoms with Gasteiger partial charge in [0.15, 0.2) is 5.69 Å². The molecule has 0 saturated carbocycles. The van der Waals surface area contributed by atoms with Crippen molar-refractivity contribution in [2.24, 2.45) is 5.92 Å². The summed E-state index contributed by atoms with van der Waals surface area (Å²) in [7, 11) is 0. The topological polar surface area (TPSA) is 92.1 Å². The van der Waals surface area contributed by atoms with E-state index in [0.29, 0.717) is 31.7 Å². The molecule has 7 nitrogen and oxygen atoms in total. The SMILES string of the molecule is CCCc1c(C(=O)NCC2CNCC2O)nnn1-c1ccc(C(C)(C)C)cc1.Cl. The van der Waals surface area contributed by atoms with Crippen molar-refractivity contribution in [3.05, 3.63) is 41.2 Å². The number of β-amino-alcohol motifs (C(OH)–C–C–N with tert-alkyl or cyclic N) is 1. The summed E-state index contributed by atoms with van der Waals surface area (Å²) in [6, 6.07) is 8.25. The molecular formula is C21H32ClN5O2. The first-order chi connectivity index (χ1) is 13.3. The van der Waals surface area contributed by atoms with Gasteiger partial charge in [0.05, 0.1) is 17.5 Å². The lowest BCUT2D eigenvalue weighted by Gasteiger charge is -2.19. The highest BCUT2D eigenvalue weighted by molar-refractivity contribution is 5.93. The highest BCUT2D eigenvalue weighted by atomic mass is 35.5. The second-order valence-corrected chi connectivity index (χ2v) is 8.54. The quantitative estimate of drug-likeness (QED) is 0.665. The largest absolute Gasteiger partial charge is 0.391 e. The van der Waals surface area contributed by atoms with E-state index < -0.39 is 6.10 Å². The lowest BCUT2D eigenvalue weighted by Crippen LogP contribution is -2.35. The number of carbonyl (C=O) groups excluding carboxylic acids is 1. The van der Waals surface area contributed by atoms with Gasteiger partial charge < -0.3 is 15.7 Å². The van der Waals surface area contributed by atoms with Crippen LogP contribution < -0.4 is 10.6 Å². The van der Waals surface area contributed by atoms with E-state index in [2.05, 4.69) is 60.8 Å².